The van der Waals surface area contributed by atoms with Gasteiger partial charge in [0.15, 0.2) is 0 Å². The zero-order valence-electron chi connectivity index (χ0n) is 11.3. The van der Waals surface area contributed by atoms with Crippen molar-refractivity contribution in [1.82, 2.24) is 4.90 Å². The number of amides is 1. The van der Waals surface area contributed by atoms with E-state index in [1.54, 1.807) is 11.9 Å². The molecule has 0 aliphatic rings. The summed E-state index contributed by atoms with van der Waals surface area (Å²) in [6, 6.07) is 7.59. The first-order chi connectivity index (χ1) is 8.61. The first kappa shape index (κ1) is 14.5. The molecule has 0 radical (unpaired) electrons. The Labute approximate surface area is 109 Å². The van der Waals surface area contributed by atoms with Crippen molar-refractivity contribution >= 4 is 11.6 Å². The van der Waals surface area contributed by atoms with Crippen LogP contribution < -0.4 is 5.32 Å². The highest BCUT2D eigenvalue weighted by Gasteiger charge is 2.20. The predicted octanol–water partition coefficient (Wildman–Crippen LogP) is 1.96. The number of hydrogen-bond donors (Lipinski definition) is 2. The van der Waals surface area contributed by atoms with Crippen molar-refractivity contribution in [3.8, 4) is 0 Å². The molecule has 0 bridgehead atoms. The molecule has 0 fully saturated rings. The number of benzene rings is 1. The molecule has 2 N–H and O–H groups in total. The lowest BCUT2D eigenvalue weighted by atomic mass is 10.1. The number of aliphatic hydroxyl groups is 1. The predicted molar refractivity (Wildman–Crippen MR) is 73.9 cm³/mol. The molecule has 18 heavy (non-hydrogen) atoms. The van der Waals surface area contributed by atoms with Crippen molar-refractivity contribution in [2.75, 3.05) is 25.5 Å². The minimum atomic E-state index is 0.00315. The molecular formula is C14H22N2O2. The van der Waals surface area contributed by atoms with Gasteiger partial charge in [-0.15, -0.1) is 0 Å². The number of nitrogens with zero attached hydrogens (tertiary/aromatic N) is 1. The van der Waals surface area contributed by atoms with E-state index in [0.717, 1.165) is 5.69 Å². The highest BCUT2D eigenvalue weighted by Crippen LogP contribution is 2.18. The first-order valence-electron chi connectivity index (χ1n) is 6.30. The summed E-state index contributed by atoms with van der Waals surface area (Å²) in [5.41, 5.74) is 1.50. The van der Waals surface area contributed by atoms with Crippen LogP contribution >= 0.6 is 0 Å². The third-order valence-electron chi connectivity index (χ3n) is 2.87. The topological polar surface area (TPSA) is 52.6 Å². The minimum absolute atomic E-state index is 0.00315. The van der Waals surface area contributed by atoms with Crippen LogP contribution in [0.3, 0.4) is 0 Å². The molecule has 0 spiro atoms. The van der Waals surface area contributed by atoms with Crippen LogP contribution in [0.2, 0.25) is 0 Å². The van der Waals surface area contributed by atoms with Crippen LogP contribution in [0.15, 0.2) is 24.3 Å². The van der Waals surface area contributed by atoms with E-state index in [-0.39, 0.29) is 18.6 Å². The van der Waals surface area contributed by atoms with Gasteiger partial charge in [-0.05, 0) is 32.4 Å². The van der Waals surface area contributed by atoms with Crippen LogP contribution in [0.4, 0.5) is 5.69 Å². The van der Waals surface area contributed by atoms with Crippen molar-refractivity contribution in [1.29, 1.82) is 0 Å². The second-order valence-electron chi connectivity index (χ2n) is 4.47. The van der Waals surface area contributed by atoms with Crippen LogP contribution in [-0.4, -0.2) is 42.2 Å². The van der Waals surface area contributed by atoms with Gasteiger partial charge in [0.2, 0.25) is 0 Å². The molecule has 0 aliphatic heterocycles. The summed E-state index contributed by atoms with van der Waals surface area (Å²) in [7, 11) is 1.81. The van der Waals surface area contributed by atoms with Gasteiger partial charge in [-0.3, -0.25) is 4.79 Å². The maximum atomic E-state index is 12.5. The number of anilines is 1. The summed E-state index contributed by atoms with van der Waals surface area (Å²) < 4.78 is 0. The van der Waals surface area contributed by atoms with Gasteiger partial charge in [-0.25, -0.2) is 0 Å². The number of rotatable bonds is 6. The summed E-state index contributed by atoms with van der Waals surface area (Å²) in [4.78, 5) is 14.3. The van der Waals surface area contributed by atoms with Gasteiger partial charge in [0.1, 0.15) is 0 Å². The van der Waals surface area contributed by atoms with Gasteiger partial charge < -0.3 is 15.3 Å². The van der Waals surface area contributed by atoms with Crippen molar-refractivity contribution in [2.24, 2.45) is 0 Å². The molecule has 0 unspecified atom stereocenters. The summed E-state index contributed by atoms with van der Waals surface area (Å²) in [6.45, 7) is 4.64. The lowest BCUT2D eigenvalue weighted by molar-refractivity contribution is 0.0694. The van der Waals surface area contributed by atoms with Crippen LogP contribution in [0, 0.1) is 0 Å². The highest BCUT2D eigenvalue weighted by molar-refractivity contribution is 5.99. The molecule has 0 saturated heterocycles. The average molecular weight is 250 g/mol. The lowest BCUT2D eigenvalue weighted by Gasteiger charge is -2.27. The average Bonchev–Trinajstić information content (AvgIpc) is 2.38. The second kappa shape index (κ2) is 7.01. The van der Waals surface area contributed by atoms with Crippen molar-refractivity contribution < 1.29 is 9.90 Å². The van der Waals surface area contributed by atoms with E-state index in [1.165, 1.54) is 0 Å². The smallest absolute Gasteiger partial charge is 0.256 e. The van der Waals surface area contributed by atoms with Crippen LogP contribution in [0.5, 0.6) is 0 Å². The Morgan fingerprint density at radius 3 is 2.61 bits per heavy atom. The second-order valence-corrected chi connectivity index (χ2v) is 4.47. The van der Waals surface area contributed by atoms with Crippen molar-refractivity contribution in [3.63, 3.8) is 0 Å². The van der Waals surface area contributed by atoms with Gasteiger partial charge in [0.25, 0.3) is 5.91 Å². The molecule has 0 heterocycles. The zero-order valence-corrected chi connectivity index (χ0v) is 11.3. The molecule has 1 amide bonds. The SMILES string of the molecule is CNc1ccccc1C(=O)N(CCCO)C(C)C. The summed E-state index contributed by atoms with van der Waals surface area (Å²) in [6.07, 6.45) is 0.603. The third-order valence-corrected chi connectivity index (χ3v) is 2.87. The Kier molecular flexibility index (Phi) is 5.65. The Balaban J connectivity index is 2.94. The molecule has 100 valence electrons. The van der Waals surface area contributed by atoms with Gasteiger partial charge in [0.05, 0.1) is 5.56 Å². The number of hydrogen-bond acceptors (Lipinski definition) is 3. The molecule has 4 heteroatoms. The number of nitrogens with one attached hydrogen (secondary N) is 1. The maximum Gasteiger partial charge on any atom is 0.256 e. The third kappa shape index (κ3) is 3.47. The number of carbonyl (C=O) groups excluding carboxylic acids is 1. The van der Waals surface area contributed by atoms with E-state index >= 15 is 0 Å². The fraction of sp³-hybridized carbons (Fsp3) is 0.500. The van der Waals surface area contributed by atoms with E-state index < -0.39 is 0 Å². The molecule has 0 atom stereocenters. The molecule has 0 aromatic heterocycles. The largest absolute Gasteiger partial charge is 0.396 e. The van der Waals surface area contributed by atoms with Crippen LogP contribution in [0.1, 0.15) is 30.6 Å². The van der Waals surface area contributed by atoms with E-state index in [2.05, 4.69) is 5.32 Å². The Hall–Kier alpha value is -1.55. The molecule has 1 rings (SSSR count). The standard InChI is InChI=1S/C14H22N2O2/c1-11(2)16(9-6-10-17)14(18)12-7-4-5-8-13(12)15-3/h4-5,7-8,11,15,17H,6,9-10H2,1-3H3. The molecule has 0 aliphatic carbocycles. The van der Waals surface area contributed by atoms with E-state index in [4.69, 9.17) is 5.11 Å². The Morgan fingerprint density at radius 1 is 1.39 bits per heavy atom. The molecular weight excluding hydrogens is 228 g/mol. The first-order valence-corrected chi connectivity index (χ1v) is 6.30. The fourth-order valence-electron chi connectivity index (χ4n) is 1.88. The quantitative estimate of drug-likeness (QED) is 0.811. The lowest BCUT2D eigenvalue weighted by Crippen LogP contribution is -2.38. The normalized spacial score (nSPS) is 10.5. The molecule has 0 saturated carbocycles. The minimum Gasteiger partial charge on any atom is -0.396 e. The number of carbonyl (C=O) groups is 1. The van der Waals surface area contributed by atoms with E-state index in [0.29, 0.717) is 18.5 Å². The number of para-hydroxylation sites is 1. The highest BCUT2D eigenvalue weighted by atomic mass is 16.3. The van der Waals surface area contributed by atoms with Crippen LogP contribution in [-0.2, 0) is 0 Å². The van der Waals surface area contributed by atoms with Gasteiger partial charge in [0, 0.05) is 31.9 Å². The van der Waals surface area contributed by atoms with Crippen molar-refractivity contribution in [2.45, 2.75) is 26.3 Å². The number of aliphatic hydroxyl groups excluding tert-OH is 1. The Morgan fingerprint density at radius 2 is 2.06 bits per heavy atom. The summed E-state index contributed by atoms with van der Waals surface area (Å²) in [5.74, 6) is 0.00315. The van der Waals surface area contributed by atoms with E-state index in [1.807, 2.05) is 38.1 Å². The summed E-state index contributed by atoms with van der Waals surface area (Å²) in [5, 5.41) is 11.9. The molecule has 1 aromatic rings. The van der Waals surface area contributed by atoms with Gasteiger partial charge in [-0.1, -0.05) is 12.1 Å². The molecule has 4 nitrogen and oxygen atoms in total. The zero-order chi connectivity index (χ0) is 13.5. The fourth-order valence-corrected chi connectivity index (χ4v) is 1.88. The maximum absolute atomic E-state index is 12.5. The van der Waals surface area contributed by atoms with Gasteiger partial charge in [-0.2, -0.15) is 0 Å². The monoisotopic (exact) mass is 250 g/mol. The Bertz CT molecular complexity index is 391. The summed E-state index contributed by atoms with van der Waals surface area (Å²) >= 11 is 0. The molecule has 1 aromatic carbocycles. The van der Waals surface area contributed by atoms with Crippen LogP contribution in [0.25, 0.3) is 0 Å². The van der Waals surface area contributed by atoms with Crippen molar-refractivity contribution in [3.05, 3.63) is 29.8 Å². The van der Waals surface area contributed by atoms with E-state index in [9.17, 15) is 4.79 Å². The van der Waals surface area contributed by atoms with Gasteiger partial charge >= 0.3 is 0 Å².